The maximum absolute atomic E-state index is 14.8. The molecule has 0 unspecified atom stereocenters. The van der Waals surface area contributed by atoms with Crippen molar-refractivity contribution in [3.05, 3.63) is 53.6 Å². The standard InChI is InChI=1S/C24H31F2N7O2/c1-7-32(9-8-31(6)23(34)35-24(3,4)5)17-11-18(25)21(28-12-17)30-20(27)16-10-19(26)22-29-15(2)13-33(22)14-16/h10-14H,7-9H2,1-6H3,(H2,27,28,30). The van der Waals surface area contributed by atoms with Gasteiger partial charge in [-0.3, -0.25) is 0 Å². The molecule has 1 amide bonds. The van der Waals surface area contributed by atoms with Crippen LogP contribution in [0.5, 0.6) is 0 Å². The maximum Gasteiger partial charge on any atom is 0.410 e. The number of imidazole rings is 1. The van der Waals surface area contributed by atoms with E-state index in [1.807, 2.05) is 11.8 Å². The molecule has 0 aliphatic heterocycles. The average Bonchev–Trinajstić information content (AvgIpc) is 3.15. The molecule has 3 aromatic rings. The van der Waals surface area contributed by atoms with Gasteiger partial charge in [0, 0.05) is 50.7 Å². The molecule has 0 aliphatic carbocycles. The van der Waals surface area contributed by atoms with Gasteiger partial charge < -0.3 is 24.7 Å². The topological polar surface area (TPSA) is 101 Å². The number of carbonyl (C=O) groups excluding carboxylic acids is 1. The van der Waals surface area contributed by atoms with Crippen molar-refractivity contribution in [3.8, 4) is 0 Å². The lowest BCUT2D eigenvalue weighted by molar-refractivity contribution is 0.0303. The Morgan fingerprint density at radius 1 is 1.20 bits per heavy atom. The van der Waals surface area contributed by atoms with Gasteiger partial charge in [0.15, 0.2) is 23.1 Å². The van der Waals surface area contributed by atoms with Crippen LogP contribution in [0.1, 0.15) is 39.0 Å². The summed E-state index contributed by atoms with van der Waals surface area (Å²) in [5.41, 5.74) is 7.06. The van der Waals surface area contributed by atoms with E-state index in [0.717, 1.165) is 0 Å². The van der Waals surface area contributed by atoms with E-state index in [4.69, 9.17) is 10.5 Å². The summed E-state index contributed by atoms with van der Waals surface area (Å²) in [5, 5.41) is 0. The van der Waals surface area contributed by atoms with E-state index < -0.39 is 23.3 Å². The van der Waals surface area contributed by atoms with E-state index >= 15 is 0 Å². The number of amidine groups is 1. The highest BCUT2D eigenvalue weighted by Gasteiger charge is 2.20. The fourth-order valence-electron chi connectivity index (χ4n) is 3.35. The van der Waals surface area contributed by atoms with Gasteiger partial charge in [-0.2, -0.15) is 0 Å². The molecule has 0 saturated heterocycles. The van der Waals surface area contributed by atoms with E-state index in [0.29, 0.717) is 31.0 Å². The van der Waals surface area contributed by atoms with Crippen LogP contribution >= 0.6 is 0 Å². The summed E-state index contributed by atoms with van der Waals surface area (Å²) in [5.74, 6) is -1.53. The number of fused-ring (bicyclic) bond motifs is 1. The molecule has 0 spiro atoms. The first-order valence-electron chi connectivity index (χ1n) is 11.2. The van der Waals surface area contributed by atoms with Crippen molar-refractivity contribution < 1.29 is 18.3 Å². The number of halogens is 2. The van der Waals surface area contributed by atoms with Crippen LogP contribution in [-0.4, -0.2) is 63.5 Å². The second-order valence-corrected chi connectivity index (χ2v) is 9.17. The van der Waals surface area contributed by atoms with Crippen LogP contribution in [0.4, 0.5) is 25.1 Å². The molecule has 3 rings (SSSR count). The summed E-state index contributed by atoms with van der Waals surface area (Å²) in [6.07, 6.45) is 4.28. The highest BCUT2D eigenvalue weighted by atomic mass is 19.1. The molecule has 0 aromatic carbocycles. The highest BCUT2D eigenvalue weighted by molar-refractivity contribution is 5.98. The number of aryl methyl sites for hydroxylation is 1. The van der Waals surface area contributed by atoms with Crippen LogP contribution in [0.2, 0.25) is 0 Å². The summed E-state index contributed by atoms with van der Waals surface area (Å²) in [6, 6.07) is 2.51. The fourth-order valence-corrected chi connectivity index (χ4v) is 3.35. The van der Waals surface area contributed by atoms with Gasteiger partial charge >= 0.3 is 6.09 Å². The minimum Gasteiger partial charge on any atom is -0.444 e. The third-order valence-electron chi connectivity index (χ3n) is 5.11. The highest BCUT2D eigenvalue weighted by Crippen LogP contribution is 2.22. The Hall–Kier alpha value is -3.76. The fraction of sp³-hybridized carbons (Fsp3) is 0.417. The molecule has 3 heterocycles. The van der Waals surface area contributed by atoms with Crippen LogP contribution in [0.15, 0.2) is 35.7 Å². The SMILES string of the molecule is CCN(CCN(C)C(=O)OC(C)(C)C)c1cnc(/N=C(\N)c2cc(F)c3nc(C)cn3c2)c(F)c1. The average molecular weight is 488 g/mol. The first kappa shape index (κ1) is 25.9. The van der Waals surface area contributed by atoms with Gasteiger partial charge in [0.05, 0.1) is 17.6 Å². The van der Waals surface area contributed by atoms with Crippen molar-refractivity contribution in [3.63, 3.8) is 0 Å². The molecule has 0 bridgehead atoms. The largest absolute Gasteiger partial charge is 0.444 e. The predicted molar refractivity (Wildman–Crippen MR) is 131 cm³/mol. The number of anilines is 1. The number of carbonyl (C=O) groups is 1. The van der Waals surface area contributed by atoms with Crippen molar-refractivity contribution >= 4 is 29.1 Å². The monoisotopic (exact) mass is 487 g/mol. The molecule has 3 aromatic heterocycles. The number of aliphatic imine (C=N–C) groups is 1. The van der Waals surface area contributed by atoms with Crippen molar-refractivity contribution in [2.75, 3.05) is 31.6 Å². The van der Waals surface area contributed by atoms with Crippen molar-refractivity contribution in [1.29, 1.82) is 0 Å². The number of rotatable bonds is 7. The molecular weight excluding hydrogens is 456 g/mol. The second-order valence-electron chi connectivity index (χ2n) is 9.17. The van der Waals surface area contributed by atoms with Crippen LogP contribution < -0.4 is 10.6 Å². The molecule has 0 fully saturated rings. The van der Waals surface area contributed by atoms with Crippen molar-refractivity contribution in [2.24, 2.45) is 10.7 Å². The Bertz CT molecular complexity index is 1250. The first-order chi connectivity index (χ1) is 16.4. The van der Waals surface area contributed by atoms with Crippen LogP contribution in [0, 0.1) is 18.6 Å². The molecule has 0 radical (unpaired) electrons. The lowest BCUT2D eigenvalue weighted by atomic mass is 10.2. The summed E-state index contributed by atoms with van der Waals surface area (Å²) >= 11 is 0. The number of aromatic nitrogens is 3. The number of ether oxygens (including phenoxy) is 1. The first-order valence-corrected chi connectivity index (χ1v) is 11.2. The van der Waals surface area contributed by atoms with E-state index in [-0.39, 0.29) is 22.9 Å². The van der Waals surface area contributed by atoms with Crippen molar-refractivity contribution in [1.82, 2.24) is 19.3 Å². The van der Waals surface area contributed by atoms with E-state index in [9.17, 15) is 13.6 Å². The van der Waals surface area contributed by atoms with Gasteiger partial charge in [0.25, 0.3) is 0 Å². The Kier molecular flexibility index (Phi) is 7.57. The van der Waals surface area contributed by atoms with Crippen LogP contribution in [0.3, 0.4) is 0 Å². The number of nitrogens with zero attached hydrogens (tertiary/aromatic N) is 6. The molecule has 0 aliphatic rings. The molecule has 35 heavy (non-hydrogen) atoms. The molecule has 11 heteroatoms. The molecule has 9 nitrogen and oxygen atoms in total. The number of hydrogen-bond donors (Lipinski definition) is 1. The van der Waals surface area contributed by atoms with Crippen molar-refractivity contribution in [2.45, 2.75) is 40.2 Å². The number of hydrogen-bond acceptors (Lipinski definition) is 6. The minimum atomic E-state index is -0.676. The lowest BCUT2D eigenvalue weighted by Gasteiger charge is -2.28. The van der Waals surface area contributed by atoms with Gasteiger partial charge in [-0.15, -0.1) is 0 Å². The van der Waals surface area contributed by atoms with E-state index in [2.05, 4.69) is 15.0 Å². The second kappa shape index (κ2) is 10.2. The summed E-state index contributed by atoms with van der Waals surface area (Å²) in [4.78, 5) is 27.8. The summed E-state index contributed by atoms with van der Waals surface area (Å²) in [7, 11) is 1.65. The van der Waals surface area contributed by atoms with Gasteiger partial charge in [-0.05, 0) is 40.7 Å². The zero-order chi connectivity index (χ0) is 25.9. The third-order valence-corrected chi connectivity index (χ3v) is 5.11. The lowest BCUT2D eigenvalue weighted by Crippen LogP contribution is -2.39. The predicted octanol–water partition coefficient (Wildman–Crippen LogP) is 4.05. The number of likely N-dealkylation sites (N-methyl/N-ethyl adjacent to an activating group) is 2. The quantitative estimate of drug-likeness (QED) is 0.399. The summed E-state index contributed by atoms with van der Waals surface area (Å²) in [6.45, 7) is 10.5. The van der Waals surface area contributed by atoms with Gasteiger partial charge in [-0.25, -0.2) is 28.5 Å². The normalized spacial score (nSPS) is 12.2. The maximum atomic E-state index is 14.8. The van der Waals surface area contributed by atoms with Gasteiger partial charge in [0.1, 0.15) is 11.4 Å². The Balaban J connectivity index is 1.74. The van der Waals surface area contributed by atoms with Crippen LogP contribution in [0.25, 0.3) is 5.65 Å². The molecule has 2 N–H and O–H groups in total. The number of pyridine rings is 2. The smallest absolute Gasteiger partial charge is 0.410 e. The van der Waals surface area contributed by atoms with E-state index in [1.54, 1.807) is 47.1 Å². The minimum absolute atomic E-state index is 0.0809. The zero-order valence-electron chi connectivity index (χ0n) is 20.8. The molecule has 0 saturated carbocycles. The van der Waals surface area contributed by atoms with Gasteiger partial charge in [-0.1, -0.05) is 0 Å². The van der Waals surface area contributed by atoms with Crippen LogP contribution in [-0.2, 0) is 4.74 Å². The van der Waals surface area contributed by atoms with E-state index in [1.165, 1.54) is 27.6 Å². The number of amides is 1. The number of nitrogens with two attached hydrogens (primary N) is 1. The Morgan fingerprint density at radius 2 is 1.91 bits per heavy atom. The third kappa shape index (κ3) is 6.43. The molecular formula is C24H31F2N7O2. The van der Waals surface area contributed by atoms with Gasteiger partial charge in [0.2, 0.25) is 0 Å². The molecule has 0 atom stereocenters. The Morgan fingerprint density at radius 3 is 2.54 bits per heavy atom. The molecule has 188 valence electrons. The Labute approximate surface area is 203 Å². The zero-order valence-corrected chi connectivity index (χ0v) is 20.8. The summed E-state index contributed by atoms with van der Waals surface area (Å²) < 4.78 is 36.1.